The monoisotopic (exact) mass is 630 g/mol. The molecule has 46 heavy (non-hydrogen) atoms. The fourth-order valence-electron chi connectivity index (χ4n) is 7.80. The number of ketones is 2. The van der Waals surface area contributed by atoms with Crippen LogP contribution >= 0.6 is 0 Å². The molecule has 8 nitrogen and oxygen atoms in total. The second kappa shape index (κ2) is 11.7. The van der Waals surface area contributed by atoms with Crippen LogP contribution in [0.4, 0.5) is 0 Å². The Kier molecular flexibility index (Phi) is 8.52. The molecule has 246 valence electrons. The minimum atomic E-state index is -1.67. The zero-order valence-electron chi connectivity index (χ0n) is 28.2. The largest absolute Gasteiger partial charge is 0.507 e. The molecule has 4 bridgehead atoms. The molecule has 4 atom stereocenters. The molecular formula is C38H46O8. The van der Waals surface area contributed by atoms with Crippen molar-refractivity contribution in [3.63, 3.8) is 0 Å². The summed E-state index contributed by atoms with van der Waals surface area (Å²) in [7, 11) is 0. The van der Waals surface area contributed by atoms with Crippen molar-refractivity contribution in [3.8, 4) is 17.2 Å². The molecule has 3 N–H and O–H groups in total. The van der Waals surface area contributed by atoms with Crippen LogP contribution in [0, 0.1) is 11.8 Å². The highest BCUT2D eigenvalue weighted by atomic mass is 16.6. The number of hydrogen-bond donors (Lipinski definition) is 3. The number of carbonyl (C=O) groups excluding carboxylic acids is 2. The van der Waals surface area contributed by atoms with Crippen LogP contribution in [-0.4, -0.2) is 49.7 Å². The predicted molar refractivity (Wildman–Crippen MR) is 175 cm³/mol. The molecule has 1 saturated carbocycles. The normalized spacial score (nSPS) is 27.4. The molecule has 1 saturated heterocycles. The third-order valence-corrected chi connectivity index (χ3v) is 10.2. The summed E-state index contributed by atoms with van der Waals surface area (Å²) in [6.07, 6.45) is 11.6. The van der Waals surface area contributed by atoms with Crippen molar-refractivity contribution < 1.29 is 39.2 Å². The molecule has 2 fully saturated rings. The fourth-order valence-corrected chi connectivity index (χ4v) is 7.80. The second-order valence-electron chi connectivity index (χ2n) is 14.4. The summed E-state index contributed by atoms with van der Waals surface area (Å²) in [5.41, 5.74) is 0.0623. The molecular weight excluding hydrogens is 584 g/mol. The van der Waals surface area contributed by atoms with E-state index in [2.05, 4.69) is 19.9 Å². The summed E-state index contributed by atoms with van der Waals surface area (Å²) in [6.45, 7) is 15.2. The van der Waals surface area contributed by atoms with Gasteiger partial charge in [-0.25, -0.2) is 4.79 Å². The number of allylic oxidation sites excluding steroid dienone is 7. The Morgan fingerprint density at radius 2 is 1.59 bits per heavy atom. The quantitative estimate of drug-likeness (QED) is 0.182. The van der Waals surface area contributed by atoms with Gasteiger partial charge in [0.05, 0.1) is 5.60 Å². The molecule has 1 aromatic rings. The smallest absolute Gasteiger partial charge is 0.330 e. The number of ether oxygens (including phenoxy) is 2. The number of Topliss-reactive ketones (excluding diaryl/α,β-unsaturated/α-hetero) is 2. The number of hydrogen-bond acceptors (Lipinski definition) is 7. The van der Waals surface area contributed by atoms with E-state index in [9.17, 15) is 29.7 Å². The van der Waals surface area contributed by atoms with Gasteiger partial charge >= 0.3 is 5.97 Å². The first-order valence-electron chi connectivity index (χ1n) is 16.1. The molecule has 0 amide bonds. The molecule has 0 aromatic heterocycles. The van der Waals surface area contributed by atoms with Gasteiger partial charge in [-0.3, -0.25) is 9.59 Å². The molecule has 3 aliphatic carbocycles. The molecule has 2 aliphatic heterocycles. The summed E-state index contributed by atoms with van der Waals surface area (Å²) in [6, 6.07) is 0. The van der Waals surface area contributed by atoms with E-state index in [1.165, 1.54) is 18.6 Å². The Balaban J connectivity index is 1.71. The van der Waals surface area contributed by atoms with Gasteiger partial charge in [0, 0.05) is 40.5 Å². The molecule has 1 spiro atoms. The van der Waals surface area contributed by atoms with Crippen LogP contribution in [0.1, 0.15) is 103 Å². The lowest BCUT2D eigenvalue weighted by molar-refractivity contribution is -0.171. The van der Waals surface area contributed by atoms with Gasteiger partial charge in [-0.1, -0.05) is 47.1 Å². The molecule has 0 radical (unpaired) electrons. The minimum absolute atomic E-state index is 0.0259. The van der Waals surface area contributed by atoms with E-state index < -0.39 is 40.4 Å². The van der Waals surface area contributed by atoms with Gasteiger partial charge in [0.25, 0.3) is 0 Å². The van der Waals surface area contributed by atoms with Crippen molar-refractivity contribution in [1.82, 2.24) is 0 Å². The summed E-state index contributed by atoms with van der Waals surface area (Å²) in [5.74, 6) is -3.33. The maximum Gasteiger partial charge on any atom is 0.330 e. The van der Waals surface area contributed by atoms with Crippen LogP contribution in [0.3, 0.4) is 0 Å². The zero-order valence-corrected chi connectivity index (χ0v) is 28.2. The Morgan fingerprint density at radius 3 is 2.22 bits per heavy atom. The van der Waals surface area contributed by atoms with Gasteiger partial charge in [0.2, 0.25) is 0 Å². The lowest BCUT2D eigenvalue weighted by Gasteiger charge is -2.56. The van der Waals surface area contributed by atoms with Crippen LogP contribution in [0.2, 0.25) is 0 Å². The van der Waals surface area contributed by atoms with E-state index in [1.54, 1.807) is 6.08 Å². The number of fused-ring (bicyclic) bond motifs is 1. The number of rotatable bonds is 10. The SMILES string of the molecule is CC(C)=CCC/C(C)=C/Cc1c(O)c(CC=C(C)C)c2c(c1O)C(=O)C1=CC3C[C@H]4C(C)(C)O[C@@](CC=C(C)C(=O)O)(C3=O)[C@@]14O2. The number of phenols is 2. The highest BCUT2D eigenvalue weighted by Gasteiger charge is 2.81. The first-order valence-corrected chi connectivity index (χ1v) is 16.1. The number of carboxylic acid groups (broad SMARTS) is 1. The maximum atomic E-state index is 14.7. The molecule has 1 aromatic carbocycles. The average molecular weight is 631 g/mol. The van der Waals surface area contributed by atoms with E-state index in [0.29, 0.717) is 12.0 Å². The van der Waals surface area contributed by atoms with Crippen LogP contribution in [0.5, 0.6) is 17.2 Å². The first-order chi connectivity index (χ1) is 21.5. The lowest BCUT2D eigenvalue weighted by atomic mass is 9.51. The second-order valence-corrected chi connectivity index (χ2v) is 14.4. The number of carbonyl (C=O) groups is 3. The third kappa shape index (κ3) is 5.05. The van der Waals surface area contributed by atoms with Gasteiger partial charge < -0.3 is 24.8 Å². The van der Waals surface area contributed by atoms with Gasteiger partial charge in [-0.15, -0.1) is 0 Å². The van der Waals surface area contributed by atoms with Crippen molar-refractivity contribution in [1.29, 1.82) is 0 Å². The van der Waals surface area contributed by atoms with Gasteiger partial charge in [-0.2, -0.15) is 0 Å². The van der Waals surface area contributed by atoms with E-state index in [4.69, 9.17) is 9.47 Å². The molecule has 8 heteroatoms. The number of phenolic OH excluding ortho intramolecular Hbond substituents is 2. The third-order valence-electron chi connectivity index (χ3n) is 10.2. The topological polar surface area (TPSA) is 130 Å². The summed E-state index contributed by atoms with van der Waals surface area (Å²) in [5, 5.41) is 33.0. The lowest BCUT2D eigenvalue weighted by Crippen LogP contribution is -2.72. The highest BCUT2D eigenvalue weighted by molar-refractivity contribution is 6.18. The average Bonchev–Trinajstić information content (AvgIpc) is 3.12. The van der Waals surface area contributed by atoms with Crippen LogP contribution in [0.15, 0.2) is 58.2 Å². The zero-order chi connectivity index (χ0) is 33.9. The summed E-state index contributed by atoms with van der Waals surface area (Å²) < 4.78 is 13.6. The Bertz CT molecular complexity index is 1670. The van der Waals surface area contributed by atoms with Gasteiger partial charge in [0.15, 0.2) is 22.8 Å². The van der Waals surface area contributed by atoms with Crippen molar-refractivity contribution in [2.45, 2.75) is 111 Å². The minimum Gasteiger partial charge on any atom is -0.507 e. The fraction of sp³-hybridized carbons (Fsp3) is 0.500. The van der Waals surface area contributed by atoms with Crippen molar-refractivity contribution >= 4 is 17.5 Å². The number of aromatic hydroxyl groups is 2. The van der Waals surface area contributed by atoms with E-state index in [1.807, 2.05) is 46.8 Å². The van der Waals surface area contributed by atoms with E-state index in [0.717, 1.165) is 24.0 Å². The standard InChI is InChI=1S/C38H46O8/c1-20(2)10-9-11-22(5)13-15-25-30(39)26(14-12-21(3)4)33-29(31(25)40)32(41)27-18-24-19-28-36(7,8)46-37(34(24)42,38(27,28)45-33)17-16-23(6)35(43)44/h10,12-13,16,18,24,28,39-40H,9,11,14-15,17,19H2,1-8H3,(H,43,44)/b22-13+,23-16?/t24?,28-,37-,38+/m0/s1. The maximum absolute atomic E-state index is 14.7. The summed E-state index contributed by atoms with van der Waals surface area (Å²) in [4.78, 5) is 40.6. The Morgan fingerprint density at radius 1 is 0.935 bits per heavy atom. The molecule has 6 rings (SSSR count). The van der Waals surface area contributed by atoms with Crippen molar-refractivity contribution in [3.05, 3.63) is 74.9 Å². The van der Waals surface area contributed by atoms with Crippen LogP contribution in [0.25, 0.3) is 0 Å². The highest BCUT2D eigenvalue weighted by Crippen LogP contribution is 2.68. The molecule has 1 unspecified atom stereocenters. The number of aliphatic carboxylic acids is 1. The number of benzene rings is 1. The molecule has 2 heterocycles. The van der Waals surface area contributed by atoms with Gasteiger partial charge in [0.1, 0.15) is 22.8 Å². The van der Waals surface area contributed by atoms with Crippen molar-refractivity contribution in [2.75, 3.05) is 0 Å². The number of carboxylic acids is 1. The van der Waals surface area contributed by atoms with Gasteiger partial charge in [-0.05, 0) is 87.5 Å². The van der Waals surface area contributed by atoms with E-state index in [-0.39, 0.29) is 64.6 Å². The first kappa shape index (κ1) is 33.5. The predicted octanol–water partition coefficient (Wildman–Crippen LogP) is 7.27. The van der Waals surface area contributed by atoms with E-state index >= 15 is 0 Å². The molecule has 5 aliphatic rings. The summed E-state index contributed by atoms with van der Waals surface area (Å²) >= 11 is 0. The Labute approximate surface area is 271 Å². The van der Waals surface area contributed by atoms with Crippen LogP contribution < -0.4 is 4.74 Å². The van der Waals surface area contributed by atoms with Crippen molar-refractivity contribution in [2.24, 2.45) is 11.8 Å². The van der Waals surface area contributed by atoms with Crippen LogP contribution in [-0.2, 0) is 27.2 Å². The Hall–Kier alpha value is -3.91.